The average molecular weight is 248 g/mol. The van der Waals surface area contributed by atoms with Crippen LogP contribution in [0.3, 0.4) is 0 Å². The number of ketones is 1. The fourth-order valence-corrected chi connectivity index (χ4v) is 2.69. The number of carbonyl (C=O) groups is 1. The van der Waals surface area contributed by atoms with Crippen LogP contribution in [0.5, 0.6) is 0 Å². The van der Waals surface area contributed by atoms with Crippen LogP contribution in [0, 0.1) is 17.3 Å². The Balaban J connectivity index is 3.22. The molecule has 0 heterocycles. The van der Waals surface area contributed by atoms with Gasteiger partial charge in [0.25, 0.3) is 0 Å². The fourth-order valence-electron chi connectivity index (χ4n) is 2.69. The molecule has 0 saturated heterocycles. The van der Waals surface area contributed by atoms with E-state index in [1.165, 1.54) is 0 Å². The van der Waals surface area contributed by atoms with Crippen LogP contribution in [-0.4, -0.2) is 19.5 Å². The van der Waals surface area contributed by atoms with Gasteiger partial charge >= 0.3 is 0 Å². The first-order valence-corrected chi connectivity index (χ1v) is 6.55. The molecule has 0 aromatic heterocycles. The second-order valence-electron chi connectivity index (χ2n) is 5.48. The summed E-state index contributed by atoms with van der Waals surface area (Å²) in [6.07, 6.45) is 0. The zero-order valence-electron chi connectivity index (χ0n) is 12.1. The second kappa shape index (κ2) is 6.14. The van der Waals surface area contributed by atoms with Gasteiger partial charge in [-0.15, -0.1) is 0 Å². The van der Waals surface area contributed by atoms with Crippen molar-refractivity contribution in [1.29, 1.82) is 0 Å². The molecule has 0 spiro atoms. The topological polar surface area (TPSA) is 26.3 Å². The lowest BCUT2D eigenvalue weighted by Crippen LogP contribution is -2.45. The highest BCUT2D eigenvalue weighted by molar-refractivity contribution is 6.01. The normalized spacial score (nSPS) is 12.2. The van der Waals surface area contributed by atoms with Gasteiger partial charge in [-0.25, -0.2) is 0 Å². The summed E-state index contributed by atoms with van der Waals surface area (Å²) >= 11 is 0. The maximum atomic E-state index is 12.9. The van der Waals surface area contributed by atoms with Gasteiger partial charge in [0.1, 0.15) is 0 Å². The molecule has 0 aliphatic carbocycles. The highest BCUT2D eigenvalue weighted by Gasteiger charge is 2.44. The van der Waals surface area contributed by atoms with Gasteiger partial charge in [0.15, 0.2) is 5.78 Å². The van der Waals surface area contributed by atoms with Crippen molar-refractivity contribution < 1.29 is 9.53 Å². The molecule has 2 nitrogen and oxygen atoms in total. The zero-order chi connectivity index (χ0) is 13.8. The summed E-state index contributed by atoms with van der Waals surface area (Å²) in [6.45, 7) is 8.86. The Labute approximate surface area is 110 Å². The first kappa shape index (κ1) is 14.9. The van der Waals surface area contributed by atoms with E-state index in [2.05, 4.69) is 27.7 Å². The molecule has 18 heavy (non-hydrogen) atoms. The third-order valence-electron chi connectivity index (χ3n) is 3.90. The maximum absolute atomic E-state index is 12.9. The summed E-state index contributed by atoms with van der Waals surface area (Å²) in [4.78, 5) is 12.9. The maximum Gasteiger partial charge on any atom is 0.171 e. The van der Waals surface area contributed by atoms with Crippen molar-refractivity contribution in [3.63, 3.8) is 0 Å². The minimum atomic E-state index is -0.448. The first-order valence-electron chi connectivity index (χ1n) is 6.55. The SMILES string of the molecule is COCC(C(=O)c1ccccc1)(C(C)C)C(C)C. The molecule has 0 radical (unpaired) electrons. The van der Waals surface area contributed by atoms with E-state index in [9.17, 15) is 4.79 Å². The van der Waals surface area contributed by atoms with Gasteiger partial charge < -0.3 is 4.74 Å². The lowest BCUT2D eigenvalue weighted by atomic mass is 9.65. The molecule has 0 saturated carbocycles. The van der Waals surface area contributed by atoms with E-state index in [4.69, 9.17) is 4.74 Å². The third-order valence-corrected chi connectivity index (χ3v) is 3.90. The number of carbonyl (C=O) groups excluding carboxylic acids is 1. The Hall–Kier alpha value is -1.15. The minimum absolute atomic E-state index is 0.190. The van der Waals surface area contributed by atoms with Crippen LogP contribution in [0.25, 0.3) is 0 Å². The molecule has 0 unspecified atom stereocenters. The van der Waals surface area contributed by atoms with Crippen molar-refractivity contribution in [2.24, 2.45) is 17.3 Å². The van der Waals surface area contributed by atoms with E-state index in [1.807, 2.05) is 30.3 Å². The average Bonchev–Trinajstić information content (AvgIpc) is 2.35. The second-order valence-corrected chi connectivity index (χ2v) is 5.48. The number of rotatable bonds is 6. The zero-order valence-corrected chi connectivity index (χ0v) is 12.1. The summed E-state index contributed by atoms with van der Waals surface area (Å²) in [5.41, 5.74) is 0.327. The lowest BCUT2D eigenvalue weighted by molar-refractivity contribution is 0.0122. The largest absolute Gasteiger partial charge is 0.384 e. The Morgan fingerprint density at radius 3 is 2.00 bits per heavy atom. The number of benzene rings is 1. The molecule has 0 bridgehead atoms. The van der Waals surface area contributed by atoms with Gasteiger partial charge in [0.2, 0.25) is 0 Å². The number of methoxy groups -OCH3 is 1. The van der Waals surface area contributed by atoms with E-state index < -0.39 is 5.41 Å². The Bertz CT molecular complexity index is 371. The van der Waals surface area contributed by atoms with E-state index in [0.717, 1.165) is 5.56 Å². The van der Waals surface area contributed by atoms with Gasteiger partial charge in [-0.3, -0.25) is 4.79 Å². The standard InChI is InChI=1S/C16H24O2/c1-12(2)16(11-18-5,13(3)4)15(17)14-9-7-6-8-10-14/h6-10,12-13H,11H2,1-5H3. The Morgan fingerprint density at radius 2 is 1.61 bits per heavy atom. The summed E-state index contributed by atoms with van der Waals surface area (Å²) in [5.74, 6) is 0.672. The predicted octanol–water partition coefficient (Wildman–Crippen LogP) is 3.81. The van der Waals surface area contributed by atoms with E-state index >= 15 is 0 Å². The smallest absolute Gasteiger partial charge is 0.171 e. The highest BCUT2D eigenvalue weighted by Crippen LogP contribution is 2.39. The van der Waals surface area contributed by atoms with Crippen LogP contribution in [0.15, 0.2) is 30.3 Å². The summed E-state index contributed by atoms with van der Waals surface area (Å²) < 4.78 is 5.35. The van der Waals surface area contributed by atoms with Gasteiger partial charge in [-0.2, -0.15) is 0 Å². The fraction of sp³-hybridized carbons (Fsp3) is 0.562. The molecule has 0 amide bonds. The van der Waals surface area contributed by atoms with Crippen molar-refractivity contribution in [2.75, 3.05) is 13.7 Å². The molecule has 2 heteroatoms. The molecule has 0 atom stereocenters. The monoisotopic (exact) mass is 248 g/mol. The van der Waals surface area contributed by atoms with Crippen LogP contribution in [0.1, 0.15) is 38.1 Å². The molecule has 1 rings (SSSR count). The molecular formula is C16H24O2. The molecule has 1 aromatic rings. The quantitative estimate of drug-likeness (QED) is 0.715. The van der Waals surface area contributed by atoms with E-state index in [0.29, 0.717) is 6.61 Å². The number of ether oxygens (including phenoxy) is 1. The van der Waals surface area contributed by atoms with E-state index in [-0.39, 0.29) is 17.6 Å². The Morgan fingerprint density at radius 1 is 1.11 bits per heavy atom. The van der Waals surface area contributed by atoms with Gasteiger partial charge in [0.05, 0.1) is 12.0 Å². The van der Waals surface area contributed by atoms with Gasteiger partial charge in [-0.1, -0.05) is 58.0 Å². The summed E-state index contributed by atoms with van der Waals surface area (Å²) in [5, 5.41) is 0. The van der Waals surface area contributed by atoms with Crippen molar-refractivity contribution in [3.05, 3.63) is 35.9 Å². The molecule has 0 N–H and O–H groups in total. The molecule has 0 aliphatic rings. The third kappa shape index (κ3) is 2.64. The number of hydrogen-bond acceptors (Lipinski definition) is 2. The minimum Gasteiger partial charge on any atom is -0.384 e. The van der Waals surface area contributed by atoms with Crippen molar-refractivity contribution >= 4 is 5.78 Å². The Kier molecular flexibility index (Phi) is 5.09. The van der Waals surface area contributed by atoms with Crippen LogP contribution >= 0.6 is 0 Å². The van der Waals surface area contributed by atoms with Crippen LogP contribution in [0.2, 0.25) is 0 Å². The van der Waals surface area contributed by atoms with Crippen molar-refractivity contribution in [1.82, 2.24) is 0 Å². The summed E-state index contributed by atoms with van der Waals surface area (Å²) in [6, 6.07) is 9.52. The van der Waals surface area contributed by atoms with Crippen LogP contribution in [-0.2, 0) is 4.74 Å². The molecule has 1 aromatic carbocycles. The van der Waals surface area contributed by atoms with E-state index in [1.54, 1.807) is 7.11 Å². The molecule has 100 valence electrons. The lowest BCUT2D eigenvalue weighted by Gasteiger charge is -2.39. The highest BCUT2D eigenvalue weighted by atomic mass is 16.5. The van der Waals surface area contributed by atoms with Gasteiger partial charge in [-0.05, 0) is 11.8 Å². The summed E-state index contributed by atoms with van der Waals surface area (Å²) in [7, 11) is 1.66. The van der Waals surface area contributed by atoms with Gasteiger partial charge in [0, 0.05) is 12.7 Å². The van der Waals surface area contributed by atoms with Crippen LogP contribution < -0.4 is 0 Å². The number of Topliss-reactive ketones (excluding diaryl/α,β-unsaturated/α-hetero) is 1. The molecule has 0 aliphatic heterocycles. The van der Waals surface area contributed by atoms with Crippen molar-refractivity contribution in [3.8, 4) is 0 Å². The van der Waals surface area contributed by atoms with Crippen LogP contribution in [0.4, 0.5) is 0 Å². The first-order chi connectivity index (χ1) is 8.46. The van der Waals surface area contributed by atoms with Crippen molar-refractivity contribution in [2.45, 2.75) is 27.7 Å². The molecule has 0 fully saturated rings. The number of hydrogen-bond donors (Lipinski definition) is 0. The predicted molar refractivity (Wildman–Crippen MR) is 74.8 cm³/mol. The molecular weight excluding hydrogens is 224 g/mol.